The molecule has 4 heteroatoms. The lowest BCUT2D eigenvalue weighted by molar-refractivity contribution is -0.195. The van der Waals surface area contributed by atoms with Crippen molar-refractivity contribution in [2.45, 2.75) is 56.5 Å². The topological polar surface area (TPSA) is 38.7 Å². The van der Waals surface area contributed by atoms with Crippen molar-refractivity contribution >= 4 is 11.6 Å². The smallest absolute Gasteiger partial charge is 0.169 e. The fourth-order valence-corrected chi connectivity index (χ4v) is 3.55. The van der Waals surface area contributed by atoms with Crippen molar-refractivity contribution in [3.05, 3.63) is 34.9 Å². The zero-order valence-electron chi connectivity index (χ0n) is 11.6. The van der Waals surface area contributed by atoms with Crippen LogP contribution >= 0.6 is 11.6 Å². The molecule has 0 aromatic heterocycles. The first-order chi connectivity index (χ1) is 9.74. The van der Waals surface area contributed by atoms with Crippen LogP contribution in [0.3, 0.4) is 0 Å². The maximum Gasteiger partial charge on any atom is 0.169 e. The zero-order valence-corrected chi connectivity index (χ0v) is 12.3. The molecule has 2 fully saturated rings. The van der Waals surface area contributed by atoms with E-state index in [9.17, 15) is 5.11 Å². The fraction of sp³-hybridized carbons (Fsp3) is 0.625. The van der Waals surface area contributed by atoms with Gasteiger partial charge in [-0.1, -0.05) is 36.2 Å². The molecule has 0 bridgehead atoms. The Morgan fingerprint density at radius 1 is 1.15 bits per heavy atom. The molecule has 1 saturated carbocycles. The molecule has 0 amide bonds. The summed E-state index contributed by atoms with van der Waals surface area (Å²) in [6.45, 7) is 0.102. The van der Waals surface area contributed by atoms with Crippen molar-refractivity contribution in [1.29, 1.82) is 0 Å². The van der Waals surface area contributed by atoms with Gasteiger partial charge in [0.05, 0.1) is 6.10 Å². The second-order valence-corrected chi connectivity index (χ2v) is 6.11. The maximum atomic E-state index is 9.28. The average molecular weight is 297 g/mol. The number of aliphatic hydroxyl groups excluding tert-OH is 1. The monoisotopic (exact) mass is 296 g/mol. The maximum absolute atomic E-state index is 9.28. The minimum atomic E-state index is -0.456. The van der Waals surface area contributed by atoms with Crippen molar-refractivity contribution in [2.24, 2.45) is 0 Å². The number of benzene rings is 1. The van der Waals surface area contributed by atoms with E-state index in [1.54, 1.807) is 0 Å². The Balaban J connectivity index is 1.86. The third-order valence-corrected chi connectivity index (χ3v) is 4.63. The highest BCUT2D eigenvalue weighted by molar-refractivity contribution is 6.31. The van der Waals surface area contributed by atoms with Gasteiger partial charge in [0.2, 0.25) is 0 Å². The lowest BCUT2D eigenvalue weighted by atomic mass is 9.94. The van der Waals surface area contributed by atoms with Crippen molar-refractivity contribution in [1.82, 2.24) is 0 Å². The van der Waals surface area contributed by atoms with Crippen LogP contribution in [0.2, 0.25) is 5.02 Å². The summed E-state index contributed by atoms with van der Waals surface area (Å²) in [5.41, 5.74) is 0.968. The molecule has 3 rings (SSSR count). The summed E-state index contributed by atoms with van der Waals surface area (Å²) >= 11 is 6.30. The van der Waals surface area contributed by atoms with Crippen molar-refractivity contribution in [3.8, 4) is 0 Å². The van der Waals surface area contributed by atoms with Gasteiger partial charge in [-0.15, -0.1) is 0 Å². The summed E-state index contributed by atoms with van der Waals surface area (Å²) in [5, 5.41) is 9.98. The predicted molar refractivity (Wildman–Crippen MR) is 77.7 cm³/mol. The molecule has 1 aliphatic carbocycles. The van der Waals surface area contributed by atoms with Gasteiger partial charge in [0.15, 0.2) is 5.79 Å². The first-order valence-electron chi connectivity index (χ1n) is 7.45. The summed E-state index contributed by atoms with van der Waals surface area (Å²) in [4.78, 5) is 0. The van der Waals surface area contributed by atoms with Crippen LogP contribution in [-0.2, 0) is 9.47 Å². The Morgan fingerprint density at radius 2 is 1.90 bits per heavy atom. The number of ether oxygens (including phenoxy) is 2. The number of hydrogen-bond acceptors (Lipinski definition) is 3. The van der Waals surface area contributed by atoms with Crippen molar-refractivity contribution < 1.29 is 14.6 Å². The van der Waals surface area contributed by atoms with Crippen LogP contribution in [0.15, 0.2) is 24.3 Å². The van der Waals surface area contributed by atoms with E-state index in [1.165, 1.54) is 6.42 Å². The first kappa shape index (κ1) is 14.3. The molecule has 0 unspecified atom stereocenters. The van der Waals surface area contributed by atoms with E-state index >= 15 is 0 Å². The molecular weight excluding hydrogens is 276 g/mol. The Bertz CT molecular complexity index is 457. The van der Waals surface area contributed by atoms with Gasteiger partial charge >= 0.3 is 0 Å². The Kier molecular flexibility index (Phi) is 4.32. The molecule has 1 N–H and O–H groups in total. The number of rotatable bonds is 3. The highest BCUT2D eigenvalue weighted by Crippen LogP contribution is 2.47. The third-order valence-electron chi connectivity index (χ3n) is 4.29. The normalized spacial score (nSPS) is 28.9. The standard InChI is InChI=1S/C16H21ClO3/c17-13-7-3-2-6-12(13)15-14(8-11-18)19-16(20-15)9-4-1-5-10-16/h2-3,6-7,14-15,18H,1,4-5,8-11H2/t14-,15-/m0/s1. The van der Waals surface area contributed by atoms with Crippen LogP contribution in [0.5, 0.6) is 0 Å². The molecule has 2 aliphatic rings. The molecule has 0 radical (unpaired) electrons. The van der Waals surface area contributed by atoms with E-state index in [1.807, 2.05) is 24.3 Å². The largest absolute Gasteiger partial charge is 0.396 e. The van der Waals surface area contributed by atoms with E-state index in [2.05, 4.69) is 0 Å². The quantitative estimate of drug-likeness (QED) is 0.921. The minimum absolute atomic E-state index is 0.102. The summed E-state index contributed by atoms with van der Waals surface area (Å²) in [6.07, 6.45) is 5.70. The van der Waals surface area contributed by atoms with Crippen LogP contribution < -0.4 is 0 Å². The van der Waals surface area contributed by atoms with Crippen LogP contribution in [0.25, 0.3) is 0 Å². The van der Waals surface area contributed by atoms with E-state index in [4.69, 9.17) is 21.1 Å². The van der Waals surface area contributed by atoms with Crippen LogP contribution in [0.1, 0.15) is 50.2 Å². The molecular formula is C16H21ClO3. The Hall–Kier alpha value is -0.610. The molecule has 3 nitrogen and oxygen atoms in total. The van der Waals surface area contributed by atoms with Gasteiger partial charge in [0, 0.05) is 30.0 Å². The van der Waals surface area contributed by atoms with Crippen LogP contribution in [0, 0.1) is 0 Å². The number of aliphatic hydroxyl groups is 1. The van der Waals surface area contributed by atoms with Gasteiger partial charge in [0.1, 0.15) is 6.10 Å². The van der Waals surface area contributed by atoms with Crippen LogP contribution in [-0.4, -0.2) is 23.6 Å². The molecule has 1 heterocycles. The molecule has 20 heavy (non-hydrogen) atoms. The van der Waals surface area contributed by atoms with E-state index in [0.29, 0.717) is 11.4 Å². The highest BCUT2D eigenvalue weighted by atomic mass is 35.5. The molecule has 1 aromatic carbocycles. The molecule has 2 atom stereocenters. The van der Waals surface area contributed by atoms with Gasteiger partial charge in [-0.3, -0.25) is 0 Å². The van der Waals surface area contributed by atoms with Gasteiger partial charge in [-0.05, 0) is 25.3 Å². The SMILES string of the molecule is OCC[C@@H]1OC2(CCCCC2)O[C@H]1c1ccccc1Cl. The second kappa shape index (κ2) is 6.02. The predicted octanol–water partition coefficient (Wildman–Crippen LogP) is 3.84. The Labute approximate surface area is 124 Å². The van der Waals surface area contributed by atoms with E-state index < -0.39 is 5.79 Å². The summed E-state index contributed by atoms with van der Waals surface area (Å²) < 4.78 is 12.5. The van der Waals surface area contributed by atoms with E-state index in [-0.39, 0.29) is 18.8 Å². The zero-order chi connectivity index (χ0) is 14.0. The van der Waals surface area contributed by atoms with Gasteiger partial charge in [-0.2, -0.15) is 0 Å². The fourth-order valence-electron chi connectivity index (χ4n) is 3.31. The molecule has 110 valence electrons. The molecule has 1 saturated heterocycles. The minimum Gasteiger partial charge on any atom is -0.396 e. The third kappa shape index (κ3) is 2.73. The average Bonchev–Trinajstić information content (AvgIpc) is 2.79. The second-order valence-electron chi connectivity index (χ2n) is 5.70. The first-order valence-corrected chi connectivity index (χ1v) is 7.83. The van der Waals surface area contributed by atoms with Gasteiger partial charge in [0.25, 0.3) is 0 Å². The lowest BCUT2D eigenvalue weighted by Crippen LogP contribution is -2.33. The molecule has 1 spiro atoms. The summed E-state index contributed by atoms with van der Waals surface area (Å²) in [6, 6.07) is 7.75. The van der Waals surface area contributed by atoms with Crippen LogP contribution in [0.4, 0.5) is 0 Å². The summed E-state index contributed by atoms with van der Waals surface area (Å²) in [5.74, 6) is -0.456. The van der Waals surface area contributed by atoms with Crippen molar-refractivity contribution in [2.75, 3.05) is 6.61 Å². The summed E-state index contributed by atoms with van der Waals surface area (Å²) in [7, 11) is 0. The van der Waals surface area contributed by atoms with Gasteiger partial charge in [-0.25, -0.2) is 0 Å². The number of halogens is 1. The van der Waals surface area contributed by atoms with E-state index in [0.717, 1.165) is 31.2 Å². The molecule has 1 aromatic rings. The number of hydrogen-bond donors (Lipinski definition) is 1. The highest BCUT2D eigenvalue weighted by Gasteiger charge is 2.48. The Morgan fingerprint density at radius 3 is 2.60 bits per heavy atom. The lowest BCUT2D eigenvalue weighted by Gasteiger charge is -2.32. The van der Waals surface area contributed by atoms with Crippen molar-refractivity contribution in [3.63, 3.8) is 0 Å². The molecule has 1 aliphatic heterocycles. The van der Waals surface area contributed by atoms with Gasteiger partial charge < -0.3 is 14.6 Å².